The SMILES string of the molecule is N#CCC1(COc2c(F)cc(-c3cccc(OC4CCC4)c3)cc2F)CC1. The molecule has 0 aromatic heterocycles. The first kappa shape index (κ1) is 17.8. The van der Waals surface area contributed by atoms with Crippen LogP contribution in [0.4, 0.5) is 8.78 Å². The average molecular weight is 369 g/mol. The second-order valence-electron chi connectivity index (χ2n) is 7.59. The summed E-state index contributed by atoms with van der Waals surface area (Å²) in [7, 11) is 0. The van der Waals surface area contributed by atoms with Crippen molar-refractivity contribution in [1.82, 2.24) is 0 Å². The molecule has 0 unspecified atom stereocenters. The fourth-order valence-electron chi connectivity index (χ4n) is 3.24. The molecular weight excluding hydrogens is 348 g/mol. The molecule has 5 heteroatoms. The van der Waals surface area contributed by atoms with E-state index >= 15 is 0 Å². The Morgan fingerprint density at radius 1 is 1.07 bits per heavy atom. The summed E-state index contributed by atoms with van der Waals surface area (Å²) in [6.07, 6.45) is 5.58. The summed E-state index contributed by atoms with van der Waals surface area (Å²) in [5.74, 6) is -1.12. The van der Waals surface area contributed by atoms with E-state index < -0.39 is 11.6 Å². The third-order valence-electron chi connectivity index (χ3n) is 5.45. The van der Waals surface area contributed by atoms with Crippen molar-refractivity contribution in [3.63, 3.8) is 0 Å². The first-order valence-electron chi connectivity index (χ1n) is 9.34. The number of halogens is 2. The second kappa shape index (κ2) is 7.19. The van der Waals surface area contributed by atoms with Gasteiger partial charge in [-0.25, -0.2) is 8.78 Å². The Balaban J connectivity index is 1.51. The fraction of sp³-hybridized carbons (Fsp3) is 0.409. The lowest BCUT2D eigenvalue weighted by Crippen LogP contribution is -2.24. The molecule has 140 valence electrons. The van der Waals surface area contributed by atoms with Gasteiger partial charge in [0.05, 0.1) is 18.8 Å². The molecule has 2 fully saturated rings. The van der Waals surface area contributed by atoms with Gasteiger partial charge in [-0.05, 0) is 67.5 Å². The van der Waals surface area contributed by atoms with Crippen LogP contribution in [0.15, 0.2) is 36.4 Å². The third kappa shape index (κ3) is 3.90. The van der Waals surface area contributed by atoms with Crippen LogP contribution < -0.4 is 9.47 Å². The maximum absolute atomic E-state index is 14.5. The van der Waals surface area contributed by atoms with Gasteiger partial charge < -0.3 is 9.47 Å². The van der Waals surface area contributed by atoms with E-state index in [9.17, 15) is 8.78 Å². The summed E-state index contributed by atoms with van der Waals surface area (Å²) < 4.78 is 40.3. The zero-order valence-corrected chi connectivity index (χ0v) is 15.0. The molecular formula is C22H21F2NO2. The minimum Gasteiger partial charge on any atom is -0.490 e. The lowest BCUT2D eigenvalue weighted by molar-refractivity contribution is 0.120. The molecule has 0 heterocycles. The Morgan fingerprint density at radius 2 is 1.81 bits per heavy atom. The number of ether oxygens (including phenoxy) is 2. The van der Waals surface area contributed by atoms with Crippen molar-refractivity contribution < 1.29 is 18.3 Å². The van der Waals surface area contributed by atoms with Gasteiger partial charge in [-0.2, -0.15) is 5.26 Å². The predicted octanol–water partition coefficient (Wildman–Crippen LogP) is 5.64. The molecule has 27 heavy (non-hydrogen) atoms. The average Bonchev–Trinajstić information content (AvgIpc) is 3.38. The Labute approximate surface area is 157 Å². The molecule has 2 saturated carbocycles. The van der Waals surface area contributed by atoms with Crippen molar-refractivity contribution in [3.05, 3.63) is 48.0 Å². The first-order chi connectivity index (χ1) is 13.1. The number of rotatable bonds is 7. The summed E-state index contributed by atoms with van der Waals surface area (Å²) in [5, 5.41) is 8.84. The molecule has 3 nitrogen and oxygen atoms in total. The topological polar surface area (TPSA) is 42.2 Å². The van der Waals surface area contributed by atoms with Gasteiger partial charge in [0.25, 0.3) is 0 Å². The van der Waals surface area contributed by atoms with E-state index in [1.165, 1.54) is 18.6 Å². The third-order valence-corrected chi connectivity index (χ3v) is 5.45. The summed E-state index contributed by atoms with van der Waals surface area (Å²) in [4.78, 5) is 0. The Bertz CT molecular complexity index is 859. The molecule has 0 aliphatic heterocycles. The Morgan fingerprint density at radius 3 is 2.41 bits per heavy atom. The van der Waals surface area contributed by atoms with Crippen molar-refractivity contribution >= 4 is 0 Å². The zero-order valence-electron chi connectivity index (χ0n) is 15.0. The lowest BCUT2D eigenvalue weighted by atomic mass is 9.96. The highest BCUT2D eigenvalue weighted by Gasteiger charge is 2.43. The number of nitriles is 1. The molecule has 2 aliphatic carbocycles. The highest BCUT2D eigenvalue weighted by Crippen LogP contribution is 2.49. The first-order valence-corrected chi connectivity index (χ1v) is 9.34. The van der Waals surface area contributed by atoms with Gasteiger partial charge in [0, 0.05) is 11.8 Å². The summed E-state index contributed by atoms with van der Waals surface area (Å²) >= 11 is 0. The molecule has 2 aliphatic rings. The van der Waals surface area contributed by atoms with Crippen molar-refractivity contribution in [2.75, 3.05) is 6.61 Å². The summed E-state index contributed by atoms with van der Waals surface area (Å²) in [6, 6.07) is 12.0. The van der Waals surface area contributed by atoms with Crippen LogP contribution in [-0.4, -0.2) is 12.7 Å². The molecule has 4 rings (SSSR count). The number of hydrogen-bond donors (Lipinski definition) is 0. The number of hydrogen-bond acceptors (Lipinski definition) is 3. The van der Waals surface area contributed by atoms with Gasteiger partial charge in [0.15, 0.2) is 17.4 Å². The van der Waals surface area contributed by atoms with Crippen LogP contribution in [0.25, 0.3) is 11.1 Å². The van der Waals surface area contributed by atoms with Gasteiger partial charge in [-0.15, -0.1) is 0 Å². The molecule has 0 N–H and O–H groups in total. The molecule has 0 saturated heterocycles. The molecule has 0 radical (unpaired) electrons. The van der Waals surface area contributed by atoms with E-state index in [4.69, 9.17) is 14.7 Å². The molecule has 0 amide bonds. The standard InChI is InChI=1S/C22H21F2NO2/c23-19-12-16(15-3-1-6-18(11-15)27-17-4-2-5-17)13-20(24)21(19)26-14-22(7-8-22)9-10-25/h1,3,6,11-13,17H,2,4-5,7-9,14H2. The van der Waals surface area contributed by atoms with Crippen LogP contribution in [-0.2, 0) is 0 Å². The maximum atomic E-state index is 14.5. The van der Waals surface area contributed by atoms with Crippen LogP contribution in [0.5, 0.6) is 11.5 Å². The van der Waals surface area contributed by atoms with E-state index in [1.54, 1.807) is 12.1 Å². The van der Waals surface area contributed by atoms with E-state index in [2.05, 4.69) is 6.07 Å². The normalized spacial score (nSPS) is 17.7. The predicted molar refractivity (Wildman–Crippen MR) is 97.5 cm³/mol. The van der Waals surface area contributed by atoms with Crippen LogP contribution in [0, 0.1) is 28.4 Å². The lowest BCUT2D eigenvalue weighted by Gasteiger charge is -2.26. The fourth-order valence-corrected chi connectivity index (χ4v) is 3.24. The molecule has 0 spiro atoms. The second-order valence-corrected chi connectivity index (χ2v) is 7.59. The van der Waals surface area contributed by atoms with Crippen LogP contribution in [0.1, 0.15) is 38.5 Å². The van der Waals surface area contributed by atoms with E-state index in [0.29, 0.717) is 23.3 Å². The van der Waals surface area contributed by atoms with Gasteiger partial charge in [0.1, 0.15) is 5.75 Å². The van der Waals surface area contributed by atoms with Gasteiger partial charge in [-0.3, -0.25) is 0 Å². The van der Waals surface area contributed by atoms with E-state index in [0.717, 1.165) is 25.7 Å². The quantitative estimate of drug-likeness (QED) is 0.635. The van der Waals surface area contributed by atoms with E-state index in [-0.39, 0.29) is 23.9 Å². The monoisotopic (exact) mass is 369 g/mol. The van der Waals surface area contributed by atoms with Crippen molar-refractivity contribution in [2.24, 2.45) is 5.41 Å². The smallest absolute Gasteiger partial charge is 0.190 e. The van der Waals surface area contributed by atoms with Gasteiger partial charge in [0.2, 0.25) is 0 Å². The Kier molecular flexibility index (Phi) is 4.73. The molecule has 0 atom stereocenters. The van der Waals surface area contributed by atoms with Crippen molar-refractivity contribution in [1.29, 1.82) is 5.26 Å². The van der Waals surface area contributed by atoms with Crippen LogP contribution in [0.3, 0.4) is 0 Å². The number of nitrogens with zero attached hydrogens (tertiary/aromatic N) is 1. The number of benzene rings is 2. The highest BCUT2D eigenvalue weighted by molar-refractivity contribution is 5.66. The van der Waals surface area contributed by atoms with Crippen molar-refractivity contribution in [3.8, 4) is 28.7 Å². The van der Waals surface area contributed by atoms with E-state index in [1.807, 2.05) is 12.1 Å². The highest BCUT2D eigenvalue weighted by atomic mass is 19.1. The van der Waals surface area contributed by atoms with Crippen LogP contribution >= 0.6 is 0 Å². The zero-order chi connectivity index (χ0) is 18.9. The molecule has 0 bridgehead atoms. The molecule has 2 aromatic carbocycles. The van der Waals surface area contributed by atoms with Gasteiger partial charge in [-0.1, -0.05) is 12.1 Å². The summed E-state index contributed by atoms with van der Waals surface area (Å²) in [6.45, 7) is 0.165. The summed E-state index contributed by atoms with van der Waals surface area (Å²) in [5.41, 5.74) is 0.897. The van der Waals surface area contributed by atoms with Crippen LogP contribution in [0.2, 0.25) is 0 Å². The molecule has 2 aromatic rings. The van der Waals surface area contributed by atoms with Gasteiger partial charge >= 0.3 is 0 Å². The van der Waals surface area contributed by atoms with Crippen molar-refractivity contribution in [2.45, 2.75) is 44.6 Å². The minimum absolute atomic E-state index is 0.165. The largest absolute Gasteiger partial charge is 0.490 e. The minimum atomic E-state index is -0.733. The maximum Gasteiger partial charge on any atom is 0.190 e. The Hall–Kier alpha value is -2.61.